The number of carbonyl (C=O) groups is 5. The number of aromatic amines is 1. The first-order valence-corrected chi connectivity index (χ1v) is 17.4. The first kappa shape index (κ1) is 39.8. The lowest BCUT2D eigenvalue weighted by Gasteiger charge is -2.23. The van der Waals surface area contributed by atoms with Crippen LogP contribution in [0.2, 0.25) is 0 Å². The van der Waals surface area contributed by atoms with Gasteiger partial charge in [0.15, 0.2) is 0 Å². The van der Waals surface area contributed by atoms with Crippen LogP contribution in [0.4, 0.5) is 25.8 Å². The Morgan fingerprint density at radius 1 is 0.768 bits per heavy atom. The molecule has 0 aliphatic heterocycles. The number of urea groups is 1. The van der Waals surface area contributed by atoms with Gasteiger partial charge in [-0.15, -0.1) is 0 Å². The van der Waals surface area contributed by atoms with Gasteiger partial charge in [0.1, 0.15) is 31.0 Å². The molecular formula is C39H39N7O10. The number of nitrogens with zero attached hydrogens (tertiary/aromatic N) is 1. The molecule has 0 bridgehead atoms. The summed E-state index contributed by atoms with van der Waals surface area (Å²) in [6, 6.07) is 24.8. The number of non-ortho nitro benzene ring substituents is 1. The monoisotopic (exact) mass is 765 g/mol. The molecule has 17 heteroatoms. The van der Waals surface area contributed by atoms with Crippen LogP contribution in [-0.2, 0) is 38.7 Å². The second kappa shape index (κ2) is 19.6. The predicted octanol–water partition coefficient (Wildman–Crippen LogP) is 5.20. The summed E-state index contributed by atoms with van der Waals surface area (Å²) in [6.45, 7) is -0.0630. The number of para-hydroxylation sites is 1. The van der Waals surface area contributed by atoms with Crippen LogP contribution >= 0.6 is 0 Å². The fourth-order valence-corrected chi connectivity index (χ4v) is 5.51. The number of carbonyl (C=O) groups excluding carboxylic acids is 5. The third-order valence-corrected chi connectivity index (χ3v) is 8.35. The summed E-state index contributed by atoms with van der Waals surface area (Å²) in [7, 11) is 0. The molecule has 56 heavy (non-hydrogen) atoms. The van der Waals surface area contributed by atoms with Crippen LogP contribution in [0.15, 0.2) is 109 Å². The maximum atomic E-state index is 13.9. The lowest BCUT2D eigenvalue weighted by atomic mass is 10.0. The minimum Gasteiger partial charge on any atom is -0.445 e. The zero-order chi connectivity index (χ0) is 39.9. The van der Waals surface area contributed by atoms with E-state index in [1.54, 1.807) is 42.6 Å². The average molecular weight is 766 g/mol. The van der Waals surface area contributed by atoms with Crippen LogP contribution in [0, 0.1) is 10.1 Å². The van der Waals surface area contributed by atoms with Crippen molar-refractivity contribution in [2.45, 2.75) is 44.6 Å². The minimum atomic E-state index is -1.15. The van der Waals surface area contributed by atoms with E-state index in [1.807, 2.05) is 42.5 Å². The summed E-state index contributed by atoms with van der Waals surface area (Å²) in [6.07, 6.45) is 0.329. The largest absolute Gasteiger partial charge is 0.514 e. The molecule has 0 saturated heterocycles. The maximum Gasteiger partial charge on any atom is 0.514 e. The van der Waals surface area contributed by atoms with Crippen LogP contribution in [0.5, 0.6) is 5.75 Å². The minimum absolute atomic E-state index is 0.0246. The number of anilines is 1. The Balaban J connectivity index is 1.23. The van der Waals surface area contributed by atoms with Crippen molar-refractivity contribution in [2.75, 3.05) is 11.9 Å². The number of nitrogens with one attached hydrogen (secondary N) is 5. The number of primary amides is 1. The quantitative estimate of drug-likeness (QED) is 0.0237. The standard InChI is InChI=1S/C39H39N7O10/c40-37(49)41-20-6-11-33(35(47)43-28-14-12-26(13-15-28)24-55-39(51)56-30-18-16-29(17-19-30)46(52)53)44-36(48)34(21-27-22-42-32-10-5-4-9-31(27)32)45-38(50)54-23-25-7-2-1-3-8-25/h1-5,7-10,12-19,22,33-34,42H,6,11,20-21,23-24H2,(H,43,47)(H,44,48)(H,45,50)(H3,40,41,49)/t33-,34-/m0/s1. The fourth-order valence-electron chi connectivity index (χ4n) is 5.51. The molecule has 0 fully saturated rings. The van der Waals surface area contributed by atoms with E-state index in [9.17, 15) is 34.1 Å². The van der Waals surface area contributed by atoms with Crippen molar-refractivity contribution in [3.63, 3.8) is 0 Å². The molecule has 5 aromatic rings. The summed E-state index contributed by atoms with van der Waals surface area (Å²) >= 11 is 0. The van der Waals surface area contributed by atoms with E-state index in [1.165, 1.54) is 24.3 Å². The van der Waals surface area contributed by atoms with Gasteiger partial charge in [-0.1, -0.05) is 60.7 Å². The van der Waals surface area contributed by atoms with Gasteiger partial charge in [-0.3, -0.25) is 19.7 Å². The van der Waals surface area contributed by atoms with Gasteiger partial charge in [0, 0.05) is 47.9 Å². The summed E-state index contributed by atoms with van der Waals surface area (Å²) < 4.78 is 15.6. The third-order valence-electron chi connectivity index (χ3n) is 8.35. The van der Waals surface area contributed by atoms with Crippen molar-refractivity contribution >= 4 is 52.4 Å². The number of fused-ring (bicyclic) bond motifs is 1. The first-order valence-electron chi connectivity index (χ1n) is 17.4. The Hall–Kier alpha value is -7.43. The molecule has 0 spiro atoms. The molecule has 0 saturated carbocycles. The SMILES string of the molecule is NC(=O)NCCC[C@H](NC(=O)[C@H](Cc1c[nH]c2ccccc12)NC(=O)OCc1ccccc1)C(=O)Nc1ccc(COC(=O)Oc2ccc([N+](=O)[O-])cc2)cc1. The number of H-pyrrole nitrogens is 1. The van der Waals surface area contributed by atoms with Crippen LogP contribution in [0.25, 0.3) is 10.9 Å². The number of nitro benzene ring substituents is 1. The zero-order valence-corrected chi connectivity index (χ0v) is 29.9. The van der Waals surface area contributed by atoms with Gasteiger partial charge in [0.25, 0.3) is 5.69 Å². The lowest BCUT2D eigenvalue weighted by molar-refractivity contribution is -0.384. The van der Waals surface area contributed by atoms with Crippen molar-refractivity contribution < 1.29 is 43.1 Å². The molecular weight excluding hydrogens is 726 g/mol. The normalized spacial score (nSPS) is 11.7. The maximum absolute atomic E-state index is 13.9. The van der Waals surface area contributed by atoms with Crippen molar-refractivity contribution in [3.8, 4) is 5.75 Å². The van der Waals surface area contributed by atoms with Gasteiger partial charge in [-0.25, -0.2) is 14.4 Å². The Bertz CT molecular complexity index is 2140. The Kier molecular flexibility index (Phi) is 13.9. The molecule has 1 heterocycles. The van der Waals surface area contributed by atoms with E-state index in [-0.39, 0.29) is 50.5 Å². The number of hydrogen-bond donors (Lipinski definition) is 6. The summed E-state index contributed by atoms with van der Waals surface area (Å²) in [5.74, 6) is -1.16. The fraction of sp³-hybridized carbons (Fsp3) is 0.205. The highest BCUT2D eigenvalue weighted by Gasteiger charge is 2.28. The van der Waals surface area contributed by atoms with Gasteiger partial charge in [-0.2, -0.15) is 0 Å². The summed E-state index contributed by atoms with van der Waals surface area (Å²) in [4.78, 5) is 77.3. The summed E-state index contributed by atoms with van der Waals surface area (Å²) in [5.41, 5.74) is 8.29. The molecule has 1 aromatic heterocycles. The third kappa shape index (κ3) is 12.1. The van der Waals surface area contributed by atoms with Crippen LogP contribution in [-0.4, -0.2) is 58.6 Å². The summed E-state index contributed by atoms with van der Waals surface area (Å²) in [5, 5.41) is 22.3. The number of benzene rings is 4. The number of rotatable bonds is 17. The van der Waals surface area contributed by atoms with E-state index >= 15 is 0 Å². The van der Waals surface area contributed by atoms with Crippen LogP contribution in [0.1, 0.15) is 29.5 Å². The molecule has 0 aliphatic rings. The van der Waals surface area contributed by atoms with Gasteiger partial charge >= 0.3 is 18.3 Å². The molecule has 0 unspecified atom stereocenters. The molecule has 17 nitrogen and oxygen atoms in total. The van der Waals surface area contributed by atoms with E-state index in [0.29, 0.717) is 11.3 Å². The Morgan fingerprint density at radius 2 is 1.45 bits per heavy atom. The molecule has 4 aromatic carbocycles. The van der Waals surface area contributed by atoms with E-state index < -0.39 is 47.1 Å². The second-order valence-electron chi connectivity index (χ2n) is 12.4. The topological polar surface area (TPSA) is 246 Å². The van der Waals surface area contributed by atoms with Crippen molar-refractivity contribution in [2.24, 2.45) is 5.73 Å². The van der Waals surface area contributed by atoms with E-state index in [4.69, 9.17) is 19.9 Å². The Morgan fingerprint density at radius 3 is 2.16 bits per heavy atom. The highest BCUT2D eigenvalue weighted by atomic mass is 16.7. The zero-order valence-electron chi connectivity index (χ0n) is 29.9. The highest BCUT2D eigenvalue weighted by molar-refractivity contribution is 5.98. The average Bonchev–Trinajstić information content (AvgIpc) is 3.60. The molecule has 7 N–H and O–H groups in total. The number of nitro groups is 1. The number of nitrogens with two attached hydrogens (primary N) is 1. The first-order chi connectivity index (χ1) is 27.0. The van der Waals surface area contributed by atoms with E-state index in [2.05, 4.69) is 26.3 Å². The van der Waals surface area contributed by atoms with Gasteiger partial charge in [0.2, 0.25) is 11.8 Å². The van der Waals surface area contributed by atoms with Crippen LogP contribution in [0.3, 0.4) is 0 Å². The van der Waals surface area contributed by atoms with Gasteiger partial charge in [-0.05, 0) is 59.9 Å². The number of amides is 5. The predicted molar refractivity (Wildman–Crippen MR) is 203 cm³/mol. The van der Waals surface area contributed by atoms with Crippen molar-refractivity contribution in [3.05, 3.63) is 136 Å². The molecule has 5 amide bonds. The molecule has 2 atom stereocenters. The number of alkyl carbamates (subject to hydrolysis) is 1. The van der Waals surface area contributed by atoms with Crippen molar-refractivity contribution in [1.82, 2.24) is 20.9 Å². The lowest BCUT2D eigenvalue weighted by Crippen LogP contribution is -2.53. The number of aromatic nitrogens is 1. The Labute approximate surface area is 320 Å². The van der Waals surface area contributed by atoms with E-state index in [0.717, 1.165) is 22.0 Å². The smallest absolute Gasteiger partial charge is 0.445 e. The number of hydrogen-bond acceptors (Lipinski definition) is 10. The molecule has 290 valence electrons. The highest BCUT2D eigenvalue weighted by Crippen LogP contribution is 2.21. The molecule has 0 radical (unpaired) electrons. The van der Waals surface area contributed by atoms with Gasteiger partial charge < -0.3 is 46.2 Å². The molecule has 5 rings (SSSR count). The second-order valence-corrected chi connectivity index (χ2v) is 12.4. The van der Waals surface area contributed by atoms with Crippen molar-refractivity contribution in [1.29, 1.82) is 0 Å². The number of ether oxygens (including phenoxy) is 3. The van der Waals surface area contributed by atoms with Crippen LogP contribution < -0.4 is 31.7 Å². The van der Waals surface area contributed by atoms with Gasteiger partial charge in [0.05, 0.1) is 4.92 Å². The molecule has 0 aliphatic carbocycles.